The molecule has 0 radical (unpaired) electrons. The van der Waals surface area contributed by atoms with E-state index in [0.29, 0.717) is 31.1 Å². The molecule has 2 amide bonds. The summed E-state index contributed by atoms with van der Waals surface area (Å²) in [5, 5.41) is 10.7. The van der Waals surface area contributed by atoms with E-state index in [1.165, 1.54) is 11.3 Å². The fourth-order valence-corrected chi connectivity index (χ4v) is 2.53. The number of nitrogens with one attached hydrogen (secondary N) is 1. The maximum absolute atomic E-state index is 12.1. The van der Waals surface area contributed by atoms with E-state index in [-0.39, 0.29) is 17.9 Å². The molecule has 21 heavy (non-hydrogen) atoms. The molecule has 8 heteroatoms. The molecule has 2 heterocycles. The number of nitrogens with zero attached hydrogens (tertiary/aromatic N) is 3. The van der Waals surface area contributed by atoms with Gasteiger partial charge in [0.25, 0.3) is 0 Å². The molecule has 0 aromatic carbocycles. The normalized spacial score (nSPS) is 16.6. The van der Waals surface area contributed by atoms with E-state index in [2.05, 4.69) is 15.5 Å². The molecular weight excluding hydrogens is 292 g/mol. The average Bonchev–Trinajstić information content (AvgIpc) is 2.90. The van der Waals surface area contributed by atoms with E-state index in [1.54, 1.807) is 10.4 Å². The van der Waals surface area contributed by atoms with Gasteiger partial charge < -0.3 is 15.0 Å². The SMILES string of the molecule is CC(C)(C)OC(=O)N1CCC(C(=O)Nc2nncs2)CC1. The molecule has 1 N–H and O–H groups in total. The zero-order valence-electron chi connectivity index (χ0n) is 12.5. The third kappa shape index (κ3) is 4.66. The Morgan fingerprint density at radius 2 is 2.05 bits per heavy atom. The highest BCUT2D eigenvalue weighted by atomic mass is 32.1. The molecule has 0 saturated carbocycles. The van der Waals surface area contributed by atoms with Crippen LogP contribution in [-0.4, -0.2) is 45.8 Å². The van der Waals surface area contributed by atoms with Crippen molar-refractivity contribution in [3.63, 3.8) is 0 Å². The van der Waals surface area contributed by atoms with Crippen molar-refractivity contribution in [2.75, 3.05) is 18.4 Å². The minimum atomic E-state index is -0.497. The monoisotopic (exact) mass is 312 g/mol. The van der Waals surface area contributed by atoms with Crippen LogP contribution in [0.2, 0.25) is 0 Å². The van der Waals surface area contributed by atoms with Gasteiger partial charge in [0.1, 0.15) is 11.1 Å². The average molecular weight is 312 g/mol. The molecule has 1 fully saturated rings. The quantitative estimate of drug-likeness (QED) is 0.904. The second-order valence-electron chi connectivity index (χ2n) is 5.97. The number of aromatic nitrogens is 2. The number of amides is 2. The van der Waals surface area contributed by atoms with Crippen LogP contribution in [0.4, 0.5) is 9.93 Å². The first kappa shape index (κ1) is 15.7. The van der Waals surface area contributed by atoms with Crippen LogP contribution in [-0.2, 0) is 9.53 Å². The van der Waals surface area contributed by atoms with Gasteiger partial charge in [0, 0.05) is 19.0 Å². The minimum Gasteiger partial charge on any atom is -0.444 e. The van der Waals surface area contributed by atoms with Gasteiger partial charge in [0.2, 0.25) is 11.0 Å². The highest BCUT2D eigenvalue weighted by Crippen LogP contribution is 2.21. The molecule has 0 unspecified atom stereocenters. The molecule has 1 aliphatic rings. The van der Waals surface area contributed by atoms with Crippen LogP contribution in [0.25, 0.3) is 0 Å². The fraction of sp³-hybridized carbons (Fsp3) is 0.692. The lowest BCUT2D eigenvalue weighted by atomic mass is 9.96. The molecule has 1 saturated heterocycles. The number of likely N-dealkylation sites (tertiary alicyclic amines) is 1. The Labute approximate surface area is 127 Å². The van der Waals surface area contributed by atoms with Crippen LogP contribution >= 0.6 is 11.3 Å². The zero-order valence-corrected chi connectivity index (χ0v) is 13.3. The lowest BCUT2D eigenvalue weighted by Crippen LogP contribution is -2.43. The number of carbonyl (C=O) groups is 2. The van der Waals surface area contributed by atoms with E-state index >= 15 is 0 Å². The number of hydrogen-bond donors (Lipinski definition) is 1. The fourth-order valence-electron chi connectivity index (χ4n) is 2.09. The number of carbonyl (C=O) groups excluding carboxylic acids is 2. The summed E-state index contributed by atoms with van der Waals surface area (Å²) in [5.74, 6) is -0.164. The topological polar surface area (TPSA) is 84.4 Å². The summed E-state index contributed by atoms with van der Waals surface area (Å²) in [6, 6.07) is 0. The Morgan fingerprint density at radius 1 is 1.38 bits per heavy atom. The third-order valence-corrected chi connectivity index (χ3v) is 3.71. The molecule has 1 aromatic heterocycles. The van der Waals surface area contributed by atoms with Gasteiger partial charge in [-0.15, -0.1) is 10.2 Å². The first-order valence-corrected chi connectivity index (χ1v) is 7.78. The predicted molar refractivity (Wildman–Crippen MR) is 79.1 cm³/mol. The summed E-state index contributed by atoms with van der Waals surface area (Å²) in [6.07, 6.45) is 0.943. The Hall–Kier alpha value is -1.70. The summed E-state index contributed by atoms with van der Waals surface area (Å²) >= 11 is 1.29. The van der Waals surface area contributed by atoms with Gasteiger partial charge in [-0.3, -0.25) is 4.79 Å². The van der Waals surface area contributed by atoms with Crippen LogP contribution in [0.1, 0.15) is 33.6 Å². The van der Waals surface area contributed by atoms with Gasteiger partial charge in [0.15, 0.2) is 0 Å². The maximum atomic E-state index is 12.1. The molecule has 0 atom stereocenters. The molecule has 0 aliphatic carbocycles. The number of piperidine rings is 1. The van der Waals surface area contributed by atoms with Crippen LogP contribution in [0.5, 0.6) is 0 Å². The van der Waals surface area contributed by atoms with Gasteiger partial charge in [-0.05, 0) is 33.6 Å². The highest BCUT2D eigenvalue weighted by Gasteiger charge is 2.30. The number of anilines is 1. The summed E-state index contributed by atoms with van der Waals surface area (Å²) in [7, 11) is 0. The van der Waals surface area contributed by atoms with Crippen molar-refractivity contribution in [1.29, 1.82) is 0 Å². The number of rotatable bonds is 2. The summed E-state index contributed by atoms with van der Waals surface area (Å²) in [5.41, 5.74) is 1.07. The lowest BCUT2D eigenvalue weighted by molar-refractivity contribution is -0.121. The second kappa shape index (κ2) is 6.38. The van der Waals surface area contributed by atoms with Crippen LogP contribution in [0.3, 0.4) is 0 Å². The number of ether oxygens (including phenoxy) is 1. The molecule has 0 spiro atoms. The van der Waals surface area contributed by atoms with E-state index in [0.717, 1.165) is 0 Å². The second-order valence-corrected chi connectivity index (χ2v) is 6.81. The van der Waals surface area contributed by atoms with E-state index in [9.17, 15) is 9.59 Å². The Kier molecular flexibility index (Phi) is 4.76. The largest absolute Gasteiger partial charge is 0.444 e. The van der Waals surface area contributed by atoms with Crippen molar-refractivity contribution in [2.24, 2.45) is 5.92 Å². The van der Waals surface area contributed by atoms with Gasteiger partial charge in [0.05, 0.1) is 0 Å². The molecular formula is C13H20N4O3S. The summed E-state index contributed by atoms with van der Waals surface area (Å²) in [4.78, 5) is 25.6. The molecule has 2 rings (SSSR count). The van der Waals surface area contributed by atoms with Gasteiger partial charge >= 0.3 is 6.09 Å². The van der Waals surface area contributed by atoms with Gasteiger partial charge in [-0.25, -0.2) is 4.79 Å². The Bertz CT molecular complexity index is 490. The summed E-state index contributed by atoms with van der Waals surface area (Å²) in [6.45, 7) is 6.58. The standard InChI is InChI=1S/C13H20N4O3S/c1-13(2,3)20-12(19)17-6-4-9(5-7-17)10(18)15-11-16-14-8-21-11/h8-9H,4-7H2,1-3H3,(H,15,16,18). The van der Waals surface area contributed by atoms with Crippen LogP contribution in [0, 0.1) is 5.92 Å². The molecule has 7 nitrogen and oxygen atoms in total. The van der Waals surface area contributed by atoms with Crippen LogP contribution in [0.15, 0.2) is 5.51 Å². The smallest absolute Gasteiger partial charge is 0.410 e. The maximum Gasteiger partial charge on any atom is 0.410 e. The van der Waals surface area contributed by atoms with Crippen molar-refractivity contribution in [3.05, 3.63) is 5.51 Å². The Balaban J connectivity index is 1.80. The zero-order chi connectivity index (χ0) is 15.5. The van der Waals surface area contributed by atoms with E-state index in [4.69, 9.17) is 4.74 Å². The van der Waals surface area contributed by atoms with Crippen molar-refractivity contribution < 1.29 is 14.3 Å². The van der Waals surface area contributed by atoms with Crippen LogP contribution < -0.4 is 5.32 Å². The van der Waals surface area contributed by atoms with E-state index in [1.807, 2.05) is 20.8 Å². The van der Waals surface area contributed by atoms with E-state index < -0.39 is 5.60 Å². The lowest BCUT2D eigenvalue weighted by Gasteiger charge is -2.32. The highest BCUT2D eigenvalue weighted by molar-refractivity contribution is 7.13. The Morgan fingerprint density at radius 3 is 2.57 bits per heavy atom. The first-order valence-electron chi connectivity index (χ1n) is 6.90. The van der Waals surface area contributed by atoms with Crippen molar-refractivity contribution in [1.82, 2.24) is 15.1 Å². The molecule has 0 bridgehead atoms. The molecule has 1 aromatic rings. The van der Waals surface area contributed by atoms with Gasteiger partial charge in [-0.1, -0.05) is 11.3 Å². The molecule has 1 aliphatic heterocycles. The van der Waals surface area contributed by atoms with Crippen molar-refractivity contribution >= 4 is 28.5 Å². The molecule has 116 valence electrons. The third-order valence-electron chi connectivity index (χ3n) is 3.11. The first-order chi connectivity index (χ1) is 9.85. The summed E-state index contributed by atoms with van der Waals surface area (Å²) < 4.78 is 5.33. The minimum absolute atomic E-state index is 0.0596. The number of hydrogen-bond acceptors (Lipinski definition) is 6. The van der Waals surface area contributed by atoms with Crippen molar-refractivity contribution in [2.45, 2.75) is 39.2 Å². The predicted octanol–water partition coefficient (Wildman–Crippen LogP) is 2.12. The van der Waals surface area contributed by atoms with Gasteiger partial charge in [-0.2, -0.15) is 0 Å². The van der Waals surface area contributed by atoms with Crippen molar-refractivity contribution in [3.8, 4) is 0 Å².